The Hall–Kier alpha value is -2.08. The van der Waals surface area contributed by atoms with E-state index >= 15 is 0 Å². The molecular formula is C16H18F2O9S. The Morgan fingerprint density at radius 1 is 1.36 bits per heavy atom. The van der Waals surface area contributed by atoms with Crippen LogP contribution in [0.15, 0.2) is 12.2 Å². The van der Waals surface area contributed by atoms with E-state index in [0.717, 1.165) is 0 Å². The lowest BCUT2D eigenvalue weighted by Crippen LogP contribution is -2.47. The summed E-state index contributed by atoms with van der Waals surface area (Å²) in [4.78, 5) is 36.5. The second kappa shape index (κ2) is 6.48. The molecule has 0 spiro atoms. The molecule has 0 amide bonds. The Balaban J connectivity index is 1.82. The lowest BCUT2D eigenvalue weighted by atomic mass is 9.78. The highest BCUT2D eigenvalue weighted by Gasteiger charge is 2.70. The Morgan fingerprint density at radius 3 is 2.50 bits per heavy atom. The zero-order chi connectivity index (χ0) is 21.2. The van der Waals surface area contributed by atoms with Gasteiger partial charge >= 0.3 is 33.3 Å². The van der Waals surface area contributed by atoms with Gasteiger partial charge in [0, 0.05) is 17.4 Å². The maximum Gasteiger partial charge on any atom is 0.405 e. The van der Waals surface area contributed by atoms with Crippen LogP contribution >= 0.6 is 0 Å². The van der Waals surface area contributed by atoms with E-state index in [2.05, 4.69) is 11.3 Å². The van der Waals surface area contributed by atoms with Gasteiger partial charge in [-0.1, -0.05) is 6.58 Å². The molecular weight excluding hydrogens is 406 g/mol. The normalized spacial score (nSPS) is 34.7. The SMILES string of the molecule is C=C(C)C(=O)OC1C2CC3C1OC(=O)C3C2C(=O)OC(C)C(F)(F)S(=O)(=O)O. The first kappa shape index (κ1) is 20.6. The number of alkyl halides is 2. The molecule has 7 unspecified atom stereocenters. The largest absolute Gasteiger partial charge is 0.458 e. The van der Waals surface area contributed by atoms with Crippen LogP contribution in [0, 0.1) is 23.7 Å². The number of halogens is 2. The van der Waals surface area contributed by atoms with Crippen LogP contribution in [0.3, 0.4) is 0 Å². The molecule has 2 saturated carbocycles. The first-order valence-corrected chi connectivity index (χ1v) is 9.83. The molecule has 1 saturated heterocycles. The van der Waals surface area contributed by atoms with Crippen LogP contribution < -0.4 is 0 Å². The summed E-state index contributed by atoms with van der Waals surface area (Å²) in [5.74, 6) is -6.09. The second-order valence-electron chi connectivity index (χ2n) is 7.28. The van der Waals surface area contributed by atoms with Crippen LogP contribution in [0.2, 0.25) is 0 Å². The van der Waals surface area contributed by atoms with Crippen molar-refractivity contribution in [3.05, 3.63) is 12.2 Å². The molecule has 12 heteroatoms. The second-order valence-corrected chi connectivity index (χ2v) is 8.78. The highest BCUT2D eigenvalue weighted by molar-refractivity contribution is 7.86. The van der Waals surface area contributed by atoms with Crippen LogP contribution in [0.5, 0.6) is 0 Å². The molecule has 1 aliphatic heterocycles. The molecule has 0 radical (unpaired) electrons. The summed E-state index contributed by atoms with van der Waals surface area (Å²) in [6, 6.07) is 0. The van der Waals surface area contributed by atoms with Gasteiger partial charge in [0.15, 0.2) is 6.10 Å². The van der Waals surface area contributed by atoms with Crippen molar-refractivity contribution >= 4 is 28.0 Å². The third-order valence-corrected chi connectivity index (χ3v) is 6.54. The smallest absolute Gasteiger partial charge is 0.405 e. The first-order valence-electron chi connectivity index (χ1n) is 8.39. The Bertz CT molecular complexity index is 852. The third-order valence-electron chi connectivity index (χ3n) is 5.52. The van der Waals surface area contributed by atoms with Crippen LogP contribution in [0.1, 0.15) is 20.3 Å². The quantitative estimate of drug-likeness (QED) is 0.283. The molecule has 7 atom stereocenters. The van der Waals surface area contributed by atoms with E-state index in [0.29, 0.717) is 6.92 Å². The molecule has 1 heterocycles. The highest BCUT2D eigenvalue weighted by Crippen LogP contribution is 2.59. The van der Waals surface area contributed by atoms with Crippen LogP contribution in [0.25, 0.3) is 0 Å². The molecule has 3 aliphatic rings. The summed E-state index contributed by atoms with van der Waals surface area (Å²) in [6.45, 7) is 5.45. The average Bonchev–Trinajstić information content (AvgIpc) is 3.16. The van der Waals surface area contributed by atoms with Gasteiger partial charge in [-0.25, -0.2) is 4.79 Å². The minimum atomic E-state index is -5.82. The predicted molar refractivity (Wildman–Crippen MR) is 85.2 cm³/mol. The van der Waals surface area contributed by atoms with E-state index in [9.17, 15) is 31.6 Å². The van der Waals surface area contributed by atoms with E-state index < -0.39 is 75.3 Å². The summed E-state index contributed by atoms with van der Waals surface area (Å²) < 4.78 is 72.7. The van der Waals surface area contributed by atoms with E-state index in [1.807, 2.05) is 0 Å². The molecule has 3 fully saturated rings. The molecule has 28 heavy (non-hydrogen) atoms. The number of carbonyl (C=O) groups is 3. The van der Waals surface area contributed by atoms with E-state index in [1.54, 1.807) is 0 Å². The number of rotatable bonds is 6. The summed E-state index contributed by atoms with van der Waals surface area (Å²) in [5.41, 5.74) is 0.0872. The van der Waals surface area contributed by atoms with Gasteiger partial charge in [-0.3, -0.25) is 14.1 Å². The Labute approximate surface area is 158 Å². The molecule has 0 aromatic heterocycles. The minimum absolute atomic E-state index is 0.0872. The molecule has 1 N–H and O–H groups in total. The van der Waals surface area contributed by atoms with Crippen molar-refractivity contribution in [2.75, 3.05) is 0 Å². The average molecular weight is 424 g/mol. The van der Waals surface area contributed by atoms with Crippen molar-refractivity contribution < 1.29 is 50.3 Å². The summed E-state index contributed by atoms with van der Waals surface area (Å²) in [7, 11) is -5.82. The van der Waals surface area contributed by atoms with Crippen molar-refractivity contribution in [1.82, 2.24) is 0 Å². The molecule has 0 aromatic rings. The van der Waals surface area contributed by atoms with E-state index in [1.165, 1.54) is 6.92 Å². The maximum absolute atomic E-state index is 13.7. The fourth-order valence-corrected chi connectivity index (χ4v) is 4.69. The van der Waals surface area contributed by atoms with Crippen molar-refractivity contribution in [3.8, 4) is 0 Å². The van der Waals surface area contributed by atoms with Crippen molar-refractivity contribution in [1.29, 1.82) is 0 Å². The standard InChI is InChI=1S/C16H18F2O9S/c1-5(2)13(19)26-11-7-4-8-10(15(21)27-12(8)11)9(7)14(20)25-6(3)16(17,18)28(22,23)24/h6-12H,1,4H2,2-3H3,(H,22,23,24). The summed E-state index contributed by atoms with van der Waals surface area (Å²) in [6.07, 6.45) is -3.94. The monoisotopic (exact) mass is 424 g/mol. The van der Waals surface area contributed by atoms with Crippen LogP contribution in [-0.4, -0.2) is 54.4 Å². The van der Waals surface area contributed by atoms with Gasteiger partial charge in [0.2, 0.25) is 0 Å². The highest BCUT2D eigenvalue weighted by atomic mass is 32.2. The van der Waals surface area contributed by atoms with Gasteiger partial charge in [-0.05, 0) is 20.3 Å². The Kier molecular flexibility index (Phi) is 4.78. The molecule has 2 aliphatic carbocycles. The minimum Gasteiger partial charge on any atom is -0.458 e. The van der Waals surface area contributed by atoms with Gasteiger partial charge in [0.25, 0.3) is 0 Å². The number of hydrogen-bond donors (Lipinski definition) is 1. The third kappa shape index (κ3) is 2.98. The molecule has 3 rings (SSSR count). The van der Waals surface area contributed by atoms with Gasteiger partial charge in [0.05, 0.1) is 11.8 Å². The Morgan fingerprint density at radius 2 is 1.96 bits per heavy atom. The number of hydrogen-bond acceptors (Lipinski definition) is 8. The first-order chi connectivity index (χ1) is 12.8. The zero-order valence-corrected chi connectivity index (χ0v) is 15.6. The lowest BCUT2D eigenvalue weighted by Gasteiger charge is -2.31. The maximum atomic E-state index is 13.7. The van der Waals surface area contributed by atoms with Crippen molar-refractivity contribution in [3.63, 3.8) is 0 Å². The zero-order valence-electron chi connectivity index (χ0n) is 14.8. The van der Waals surface area contributed by atoms with Crippen LogP contribution in [-0.2, 0) is 38.7 Å². The molecule has 9 nitrogen and oxygen atoms in total. The van der Waals surface area contributed by atoms with Crippen molar-refractivity contribution in [2.24, 2.45) is 23.7 Å². The van der Waals surface area contributed by atoms with Gasteiger partial charge in [-0.15, -0.1) is 0 Å². The fraction of sp³-hybridized carbons (Fsp3) is 0.688. The number of carbonyl (C=O) groups excluding carboxylic acids is 3. The van der Waals surface area contributed by atoms with Gasteiger partial charge in [0.1, 0.15) is 12.2 Å². The number of ether oxygens (including phenoxy) is 3. The van der Waals surface area contributed by atoms with E-state index in [-0.39, 0.29) is 12.0 Å². The lowest BCUT2D eigenvalue weighted by molar-refractivity contribution is -0.173. The molecule has 156 valence electrons. The van der Waals surface area contributed by atoms with Gasteiger partial charge < -0.3 is 14.2 Å². The molecule has 2 bridgehead atoms. The summed E-state index contributed by atoms with van der Waals surface area (Å²) >= 11 is 0. The summed E-state index contributed by atoms with van der Waals surface area (Å²) in [5, 5.41) is -4.73. The molecule has 0 aromatic carbocycles. The number of esters is 3. The fourth-order valence-electron chi connectivity index (χ4n) is 4.22. The van der Waals surface area contributed by atoms with E-state index in [4.69, 9.17) is 14.0 Å². The van der Waals surface area contributed by atoms with Gasteiger partial charge in [-0.2, -0.15) is 17.2 Å². The predicted octanol–water partition coefficient (Wildman–Crippen LogP) is 0.694. The van der Waals surface area contributed by atoms with Crippen LogP contribution in [0.4, 0.5) is 8.78 Å². The topological polar surface area (TPSA) is 133 Å². The number of fused-ring (bicyclic) bond motifs is 1. The van der Waals surface area contributed by atoms with Crippen molar-refractivity contribution in [2.45, 2.75) is 43.8 Å².